The van der Waals surface area contributed by atoms with Crippen molar-refractivity contribution in [3.8, 4) is 0 Å². The van der Waals surface area contributed by atoms with Crippen molar-refractivity contribution in [1.82, 2.24) is 0 Å². The van der Waals surface area contributed by atoms with Crippen LogP contribution in [0.4, 0.5) is 5.69 Å². The molecule has 0 radical (unpaired) electrons. The third-order valence-corrected chi connectivity index (χ3v) is 3.29. The SMILES string of the molecule is CS(C)(=O)=Nc1ccc(C(=O)OCc2ccccc2)cc1. The molecule has 2 aromatic carbocycles. The molecule has 21 heavy (non-hydrogen) atoms. The number of benzene rings is 2. The molecule has 0 bridgehead atoms. The maximum Gasteiger partial charge on any atom is 0.338 e. The first-order chi connectivity index (χ1) is 9.94. The van der Waals surface area contributed by atoms with Crippen LogP contribution in [0.2, 0.25) is 0 Å². The first kappa shape index (κ1) is 15.3. The van der Waals surface area contributed by atoms with Gasteiger partial charge in [0, 0.05) is 22.2 Å². The Morgan fingerprint density at radius 3 is 2.24 bits per heavy atom. The summed E-state index contributed by atoms with van der Waals surface area (Å²) in [5.74, 6) is -0.390. The molecule has 0 amide bonds. The third-order valence-electron chi connectivity index (χ3n) is 2.64. The number of rotatable bonds is 4. The Kier molecular flexibility index (Phi) is 4.75. The lowest BCUT2D eigenvalue weighted by molar-refractivity contribution is 0.0473. The van der Waals surface area contributed by atoms with E-state index in [0.29, 0.717) is 11.3 Å². The predicted molar refractivity (Wildman–Crippen MR) is 84.1 cm³/mol. The molecule has 0 aliphatic carbocycles. The zero-order valence-corrected chi connectivity index (χ0v) is 12.8. The number of hydrogen-bond donors (Lipinski definition) is 0. The first-order valence-electron chi connectivity index (χ1n) is 6.42. The van der Waals surface area contributed by atoms with Gasteiger partial charge in [0.25, 0.3) is 0 Å². The van der Waals surface area contributed by atoms with Gasteiger partial charge in [0.15, 0.2) is 0 Å². The Balaban J connectivity index is 2.02. The van der Waals surface area contributed by atoms with Crippen LogP contribution >= 0.6 is 0 Å². The molecule has 0 N–H and O–H groups in total. The number of ether oxygens (including phenoxy) is 1. The van der Waals surface area contributed by atoms with Gasteiger partial charge in [-0.1, -0.05) is 30.3 Å². The van der Waals surface area contributed by atoms with Crippen molar-refractivity contribution < 1.29 is 13.7 Å². The summed E-state index contributed by atoms with van der Waals surface area (Å²) in [7, 11) is -2.20. The molecule has 0 spiro atoms. The summed E-state index contributed by atoms with van der Waals surface area (Å²) in [4.78, 5) is 11.9. The molecule has 0 atom stereocenters. The van der Waals surface area contributed by atoms with E-state index < -0.39 is 9.73 Å². The van der Waals surface area contributed by atoms with Crippen LogP contribution in [-0.4, -0.2) is 22.7 Å². The lowest BCUT2D eigenvalue weighted by Crippen LogP contribution is -2.04. The van der Waals surface area contributed by atoms with Gasteiger partial charge >= 0.3 is 5.97 Å². The zero-order chi connectivity index (χ0) is 15.3. The summed E-state index contributed by atoms with van der Waals surface area (Å²) in [6.07, 6.45) is 3.13. The van der Waals surface area contributed by atoms with E-state index in [1.54, 1.807) is 36.8 Å². The van der Waals surface area contributed by atoms with Gasteiger partial charge in [0.2, 0.25) is 0 Å². The van der Waals surface area contributed by atoms with E-state index in [4.69, 9.17) is 4.74 Å². The van der Waals surface area contributed by atoms with E-state index in [1.807, 2.05) is 30.3 Å². The van der Waals surface area contributed by atoms with Gasteiger partial charge < -0.3 is 4.74 Å². The summed E-state index contributed by atoms with van der Waals surface area (Å²) in [5.41, 5.74) is 1.97. The van der Waals surface area contributed by atoms with Crippen molar-refractivity contribution in [3.63, 3.8) is 0 Å². The minimum atomic E-state index is -2.20. The van der Waals surface area contributed by atoms with Crippen LogP contribution in [0.25, 0.3) is 0 Å². The average Bonchev–Trinajstić information content (AvgIpc) is 2.45. The van der Waals surface area contributed by atoms with E-state index in [1.165, 1.54) is 0 Å². The van der Waals surface area contributed by atoms with Gasteiger partial charge in [-0.25, -0.2) is 9.00 Å². The molecule has 0 saturated carbocycles. The minimum absolute atomic E-state index is 0.240. The average molecular weight is 303 g/mol. The Hall–Kier alpha value is -2.14. The smallest absolute Gasteiger partial charge is 0.338 e. The molecular formula is C16H17NO3S. The van der Waals surface area contributed by atoms with E-state index in [2.05, 4.69) is 4.36 Å². The normalized spacial score (nSPS) is 11.0. The van der Waals surface area contributed by atoms with Gasteiger partial charge in [-0.15, -0.1) is 0 Å². The van der Waals surface area contributed by atoms with E-state index in [0.717, 1.165) is 5.56 Å². The summed E-state index contributed by atoms with van der Waals surface area (Å²) >= 11 is 0. The standard InChI is InChI=1S/C16H17NO3S/c1-21(2,19)17-15-10-8-14(9-11-15)16(18)20-12-13-6-4-3-5-7-13/h3-11H,12H2,1-2H3. The van der Waals surface area contributed by atoms with Gasteiger partial charge in [-0.2, -0.15) is 4.36 Å². The highest BCUT2D eigenvalue weighted by atomic mass is 32.2. The van der Waals surface area contributed by atoms with Gasteiger partial charge in [-0.05, 0) is 29.8 Å². The van der Waals surface area contributed by atoms with E-state index in [-0.39, 0.29) is 12.6 Å². The molecule has 4 nitrogen and oxygen atoms in total. The summed E-state index contributed by atoms with van der Waals surface area (Å²) in [6, 6.07) is 16.1. The fraction of sp³-hybridized carbons (Fsp3) is 0.188. The topological polar surface area (TPSA) is 55.7 Å². The Morgan fingerprint density at radius 1 is 1.05 bits per heavy atom. The van der Waals surface area contributed by atoms with Crippen molar-refractivity contribution in [2.75, 3.05) is 12.5 Å². The van der Waals surface area contributed by atoms with Crippen LogP contribution in [0.1, 0.15) is 15.9 Å². The van der Waals surface area contributed by atoms with Crippen molar-refractivity contribution in [3.05, 3.63) is 65.7 Å². The fourth-order valence-electron chi connectivity index (χ4n) is 1.72. The van der Waals surface area contributed by atoms with Crippen molar-refractivity contribution in [1.29, 1.82) is 0 Å². The molecule has 110 valence electrons. The second-order valence-corrected chi connectivity index (χ2v) is 7.43. The molecular weight excluding hydrogens is 286 g/mol. The number of hydrogen-bond acceptors (Lipinski definition) is 4. The van der Waals surface area contributed by atoms with Crippen LogP contribution in [0.15, 0.2) is 59.0 Å². The molecule has 0 aliphatic rings. The van der Waals surface area contributed by atoms with Crippen LogP contribution in [-0.2, 0) is 21.1 Å². The Bertz CT molecular complexity index is 722. The largest absolute Gasteiger partial charge is 0.457 e. The number of nitrogens with zero attached hydrogens (tertiary/aromatic N) is 1. The molecule has 0 aliphatic heterocycles. The maximum atomic E-state index is 11.9. The molecule has 2 aromatic rings. The van der Waals surface area contributed by atoms with Crippen molar-refractivity contribution in [2.45, 2.75) is 6.61 Å². The molecule has 0 aromatic heterocycles. The number of esters is 1. The Morgan fingerprint density at radius 2 is 1.67 bits per heavy atom. The number of carbonyl (C=O) groups is 1. The van der Waals surface area contributed by atoms with Gasteiger partial charge in [0.05, 0.1) is 11.3 Å². The van der Waals surface area contributed by atoms with Gasteiger partial charge in [-0.3, -0.25) is 0 Å². The summed E-state index contributed by atoms with van der Waals surface area (Å²) < 4.78 is 20.9. The number of carbonyl (C=O) groups excluding carboxylic acids is 1. The summed E-state index contributed by atoms with van der Waals surface area (Å²) in [5, 5.41) is 0. The molecule has 0 heterocycles. The molecule has 0 saturated heterocycles. The van der Waals surface area contributed by atoms with Crippen LogP contribution in [0.3, 0.4) is 0 Å². The predicted octanol–water partition coefficient (Wildman–Crippen LogP) is 3.40. The van der Waals surface area contributed by atoms with E-state index in [9.17, 15) is 9.00 Å². The second kappa shape index (κ2) is 6.54. The quantitative estimate of drug-likeness (QED) is 0.813. The molecule has 0 unspecified atom stereocenters. The molecule has 2 rings (SSSR count). The third kappa shape index (κ3) is 5.04. The maximum absolute atomic E-state index is 11.9. The highest BCUT2D eigenvalue weighted by Gasteiger charge is 2.07. The lowest BCUT2D eigenvalue weighted by atomic mass is 10.2. The monoisotopic (exact) mass is 303 g/mol. The van der Waals surface area contributed by atoms with Crippen LogP contribution in [0, 0.1) is 0 Å². The first-order valence-corrected chi connectivity index (χ1v) is 8.75. The molecule has 0 fully saturated rings. The fourth-order valence-corrected chi connectivity index (χ4v) is 2.35. The lowest BCUT2D eigenvalue weighted by Gasteiger charge is -2.05. The summed E-state index contributed by atoms with van der Waals surface area (Å²) in [6.45, 7) is 0.240. The van der Waals surface area contributed by atoms with E-state index >= 15 is 0 Å². The van der Waals surface area contributed by atoms with Crippen molar-refractivity contribution >= 4 is 21.4 Å². The second-order valence-electron chi connectivity index (χ2n) is 4.88. The van der Waals surface area contributed by atoms with Gasteiger partial charge in [0.1, 0.15) is 6.61 Å². The van der Waals surface area contributed by atoms with Crippen LogP contribution in [0.5, 0.6) is 0 Å². The highest BCUT2D eigenvalue weighted by molar-refractivity contribution is 7.92. The Labute approximate surface area is 125 Å². The molecule has 5 heteroatoms. The van der Waals surface area contributed by atoms with Crippen molar-refractivity contribution in [2.24, 2.45) is 4.36 Å². The van der Waals surface area contributed by atoms with Crippen LogP contribution < -0.4 is 0 Å². The zero-order valence-electron chi connectivity index (χ0n) is 12.0. The minimum Gasteiger partial charge on any atom is -0.457 e. The highest BCUT2D eigenvalue weighted by Crippen LogP contribution is 2.16.